The SMILES string of the molecule is O=[N+]([O-])c1cncc([N+](=O)[O-])c1NO. The van der Waals surface area contributed by atoms with E-state index in [-0.39, 0.29) is 0 Å². The summed E-state index contributed by atoms with van der Waals surface area (Å²) in [6.07, 6.45) is 1.59. The van der Waals surface area contributed by atoms with Crippen LogP contribution in [-0.2, 0) is 0 Å². The number of hydrogen-bond donors (Lipinski definition) is 2. The van der Waals surface area contributed by atoms with Gasteiger partial charge in [-0.05, 0) is 0 Å². The monoisotopic (exact) mass is 200 g/mol. The summed E-state index contributed by atoms with van der Waals surface area (Å²) in [5, 5.41) is 29.2. The number of hydrogen-bond acceptors (Lipinski definition) is 7. The van der Waals surface area contributed by atoms with Crippen LogP contribution in [0, 0.1) is 20.2 Å². The van der Waals surface area contributed by atoms with Crippen molar-refractivity contribution in [3.8, 4) is 0 Å². The Morgan fingerprint density at radius 1 is 1.21 bits per heavy atom. The van der Waals surface area contributed by atoms with E-state index in [2.05, 4.69) is 4.98 Å². The van der Waals surface area contributed by atoms with E-state index >= 15 is 0 Å². The van der Waals surface area contributed by atoms with E-state index in [0.717, 1.165) is 12.4 Å². The van der Waals surface area contributed by atoms with Gasteiger partial charge in [0.05, 0.1) is 9.85 Å². The fraction of sp³-hybridized carbons (Fsp3) is 0. The molecule has 0 radical (unpaired) electrons. The van der Waals surface area contributed by atoms with Crippen LogP contribution in [0.15, 0.2) is 12.4 Å². The summed E-state index contributed by atoms with van der Waals surface area (Å²) >= 11 is 0. The number of anilines is 1. The zero-order valence-corrected chi connectivity index (χ0v) is 6.58. The third kappa shape index (κ3) is 1.56. The first-order chi connectivity index (χ1) is 6.57. The van der Waals surface area contributed by atoms with Crippen molar-refractivity contribution in [1.29, 1.82) is 0 Å². The van der Waals surface area contributed by atoms with Gasteiger partial charge in [-0.15, -0.1) is 0 Å². The molecule has 0 bridgehead atoms. The second-order valence-electron chi connectivity index (χ2n) is 2.18. The molecule has 0 aromatic carbocycles. The van der Waals surface area contributed by atoms with Crippen molar-refractivity contribution in [1.82, 2.24) is 4.98 Å². The van der Waals surface area contributed by atoms with Gasteiger partial charge in [0, 0.05) is 0 Å². The Hall–Kier alpha value is -2.29. The first-order valence-corrected chi connectivity index (χ1v) is 3.24. The second-order valence-corrected chi connectivity index (χ2v) is 2.18. The summed E-state index contributed by atoms with van der Waals surface area (Å²) in [6.45, 7) is 0. The van der Waals surface area contributed by atoms with Gasteiger partial charge in [0.25, 0.3) is 0 Å². The van der Waals surface area contributed by atoms with E-state index in [9.17, 15) is 20.2 Å². The predicted molar refractivity (Wildman–Crippen MR) is 43.0 cm³/mol. The molecule has 0 saturated heterocycles. The topological polar surface area (TPSA) is 131 Å². The number of nitrogens with zero attached hydrogens (tertiary/aromatic N) is 3. The number of nitrogens with one attached hydrogen (secondary N) is 1. The van der Waals surface area contributed by atoms with E-state index < -0.39 is 26.9 Å². The maximum absolute atomic E-state index is 10.3. The highest BCUT2D eigenvalue weighted by Crippen LogP contribution is 2.31. The summed E-state index contributed by atoms with van der Waals surface area (Å²) in [6, 6.07) is 0. The molecule has 0 spiro atoms. The molecule has 0 amide bonds. The Bertz CT molecular complexity index is 359. The molecule has 2 N–H and O–H groups in total. The maximum Gasteiger partial charge on any atom is 0.319 e. The van der Waals surface area contributed by atoms with Crippen molar-refractivity contribution in [3.05, 3.63) is 32.6 Å². The molecule has 9 heteroatoms. The Morgan fingerprint density at radius 3 is 1.93 bits per heavy atom. The maximum atomic E-state index is 10.3. The Kier molecular flexibility index (Phi) is 2.53. The van der Waals surface area contributed by atoms with Crippen molar-refractivity contribution in [2.24, 2.45) is 0 Å². The lowest BCUT2D eigenvalue weighted by Crippen LogP contribution is -2.02. The molecule has 14 heavy (non-hydrogen) atoms. The lowest BCUT2D eigenvalue weighted by Gasteiger charge is -2.00. The molecule has 1 rings (SSSR count). The van der Waals surface area contributed by atoms with Crippen molar-refractivity contribution in [3.63, 3.8) is 0 Å². The van der Waals surface area contributed by atoms with E-state index in [1.165, 1.54) is 5.48 Å². The summed E-state index contributed by atoms with van der Waals surface area (Å²) in [5.74, 6) is 0. The highest BCUT2D eigenvalue weighted by molar-refractivity contribution is 5.70. The van der Waals surface area contributed by atoms with Gasteiger partial charge >= 0.3 is 11.4 Å². The molecule has 0 unspecified atom stereocenters. The first-order valence-electron chi connectivity index (χ1n) is 3.24. The number of nitro groups is 2. The van der Waals surface area contributed by atoms with Crippen LogP contribution >= 0.6 is 0 Å². The fourth-order valence-corrected chi connectivity index (χ4v) is 0.830. The van der Waals surface area contributed by atoms with Crippen LogP contribution < -0.4 is 5.48 Å². The van der Waals surface area contributed by atoms with Crippen LogP contribution in [0.4, 0.5) is 17.1 Å². The smallest absolute Gasteiger partial charge is 0.291 e. The minimum atomic E-state index is -0.890. The van der Waals surface area contributed by atoms with Crippen LogP contribution in [0.3, 0.4) is 0 Å². The zero-order valence-electron chi connectivity index (χ0n) is 6.58. The summed E-state index contributed by atoms with van der Waals surface area (Å²) in [7, 11) is 0. The van der Waals surface area contributed by atoms with Crippen LogP contribution in [0.2, 0.25) is 0 Å². The Morgan fingerprint density at radius 2 is 1.64 bits per heavy atom. The van der Waals surface area contributed by atoms with E-state index in [1.807, 2.05) is 0 Å². The third-order valence-corrected chi connectivity index (χ3v) is 1.41. The van der Waals surface area contributed by atoms with Gasteiger partial charge in [0.2, 0.25) is 5.69 Å². The van der Waals surface area contributed by atoms with Gasteiger partial charge in [-0.25, -0.2) is 0 Å². The fourth-order valence-electron chi connectivity index (χ4n) is 0.830. The van der Waals surface area contributed by atoms with E-state index in [0.29, 0.717) is 0 Å². The summed E-state index contributed by atoms with van der Waals surface area (Å²) in [5.41, 5.74) is -0.515. The average molecular weight is 200 g/mol. The molecule has 0 aliphatic carbocycles. The van der Waals surface area contributed by atoms with Gasteiger partial charge in [0.15, 0.2) is 0 Å². The van der Waals surface area contributed by atoms with Crippen LogP contribution in [0.1, 0.15) is 0 Å². The molecule has 9 nitrogen and oxygen atoms in total. The Labute approximate surface area is 76.3 Å². The predicted octanol–water partition coefficient (Wildman–Crippen LogP) is 0.699. The van der Waals surface area contributed by atoms with E-state index in [4.69, 9.17) is 5.21 Å². The van der Waals surface area contributed by atoms with Gasteiger partial charge in [-0.1, -0.05) is 0 Å². The molecule has 0 aliphatic heterocycles. The number of pyridine rings is 1. The molecular formula is C5H4N4O5. The standard InChI is InChI=1S/C5H4N4O5/c10-7-5-3(8(11)12)1-6-2-4(5)9(13)14/h1-2,10H,(H,6,7). The van der Waals surface area contributed by atoms with Crippen molar-refractivity contribution < 1.29 is 15.1 Å². The van der Waals surface area contributed by atoms with Crippen molar-refractivity contribution in [2.75, 3.05) is 5.48 Å². The molecule has 1 aromatic rings. The highest BCUT2D eigenvalue weighted by atomic mass is 16.6. The highest BCUT2D eigenvalue weighted by Gasteiger charge is 2.25. The van der Waals surface area contributed by atoms with Crippen molar-refractivity contribution in [2.45, 2.75) is 0 Å². The quantitative estimate of drug-likeness (QED) is 0.541. The molecule has 1 aromatic heterocycles. The first kappa shape index (κ1) is 9.80. The molecule has 0 aliphatic rings. The minimum absolute atomic E-state index is 0.588. The largest absolute Gasteiger partial charge is 0.319 e. The lowest BCUT2D eigenvalue weighted by molar-refractivity contribution is -0.393. The number of aromatic nitrogens is 1. The molecular weight excluding hydrogens is 196 g/mol. The van der Waals surface area contributed by atoms with Gasteiger partial charge in [0.1, 0.15) is 12.4 Å². The van der Waals surface area contributed by atoms with Crippen LogP contribution in [0.5, 0.6) is 0 Å². The minimum Gasteiger partial charge on any atom is -0.291 e. The number of rotatable bonds is 3. The van der Waals surface area contributed by atoms with Gasteiger partial charge in [-0.2, -0.15) is 0 Å². The van der Waals surface area contributed by atoms with Crippen LogP contribution in [-0.4, -0.2) is 20.0 Å². The van der Waals surface area contributed by atoms with E-state index in [1.54, 1.807) is 0 Å². The van der Waals surface area contributed by atoms with Crippen LogP contribution in [0.25, 0.3) is 0 Å². The Balaban J connectivity index is 3.39. The zero-order chi connectivity index (χ0) is 10.7. The average Bonchev–Trinajstić information content (AvgIpc) is 2.16. The molecule has 1 heterocycles. The lowest BCUT2D eigenvalue weighted by atomic mass is 10.3. The normalized spacial score (nSPS) is 9.50. The second kappa shape index (κ2) is 3.62. The molecule has 74 valence electrons. The summed E-state index contributed by atoms with van der Waals surface area (Å²) < 4.78 is 0. The molecule has 0 saturated carbocycles. The van der Waals surface area contributed by atoms with Crippen molar-refractivity contribution >= 4 is 17.1 Å². The molecule has 0 atom stereocenters. The molecule has 0 fully saturated rings. The third-order valence-electron chi connectivity index (χ3n) is 1.41. The summed E-state index contributed by atoms with van der Waals surface area (Å²) in [4.78, 5) is 22.2. The van der Waals surface area contributed by atoms with Gasteiger partial charge < -0.3 is 0 Å². The van der Waals surface area contributed by atoms with Gasteiger partial charge in [-0.3, -0.25) is 35.9 Å².